The minimum atomic E-state index is 0.279. The highest BCUT2D eigenvalue weighted by Gasteiger charge is 2.12. The molecular formula is C24H35ClO3. The average Bonchev–Trinajstić information content (AvgIpc) is 2.72. The fraction of sp³-hybridized carbons (Fsp3) is 0.583. The molecule has 0 aliphatic carbocycles. The summed E-state index contributed by atoms with van der Waals surface area (Å²) in [5.41, 5.74) is 0. The number of unbranched alkanes of at least 4 members (excludes halogenated alkanes) is 4. The van der Waals surface area contributed by atoms with Gasteiger partial charge in [0.25, 0.3) is 0 Å². The van der Waals surface area contributed by atoms with Crippen LogP contribution >= 0.6 is 11.6 Å². The quantitative estimate of drug-likeness (QED) is 0.242. The van der Waals surface area contributed by atoms with E-state index in [9.17, 15) is 0 Å². The Morgan fingerprint density at radius 3 is 2.54 bits per heavy atom. The van der Waals surface area contributed by atoms with Crippen LogP contribution in [0, 0.1) is 0 Å². The van der Waals surface area contributed by atoms with Crippen LogP contribution in [0.1, 0.15) is 65.2 Å². The van der Waals surface area contributed by atoms with Crippen molar-refractivity contribution >= 4 is 22.4 Å². The van der Waals surface area contributed by atoms with E-state index in [2.05, 4.69) is 32.0 Å². The van der Waals surface area contributed by atoms with E-state index < -0.39 is 0 Å². The summed E-state index contributed by atoms with van der Waals surface area (Å²) in [4.78, 5) is 0. The molecule has 0 radical (unpaired) electrons. The summed E-state index contributed by atoms with van der Waals surface area (Å²) < 4.78 is 17.8. The van der Waals surface area contributed by atoms with Gasteiger partial charge < -0.3 is 14.2 Å². The average molecular weight is 407 g/mol. The molecule has 0 aliphatic rings. The van der Waals surface area contributed by atoms with Gasteiger partial charge in [-0.3, -0.25) is 0 Å². The summed E-state index contributed by atoms with van der Waals surface area (Å²) in [5, 5.41) is 2.15. The van der Waals surface area contributed by atoms with Crippen molar-refractivity contribution in [1.82, 2.24) is 0 Å². The number of ether oxygens (including phenoxy) is 3. The summed E-state index contributed by atoms with van der Waals surface area (Å²) in [5.74, 6) is 3.21. The van der Waals surface area contributed by atoms with Gasteiger partial charge in [-0.05, 0) is 68.2 Å². The molecule has 0 aromatic heterocycles. The summed E-state index contributed by atoms with van der Waals surface area (Å²) in [6, 6.07) is 10.3. The van der Waals surface area contributed by atoms with Crippen LogP contribution in [-0.4, -0.2) is 25.7 Å². The van der Waals surface area contributed by atoms with Crippen molar-refractivity contribution in [2.45, 2.75) is 71.3 Å². The van der Waals surface area contributed by atoms with E-state index in [-0.39, 0.29) is 6.10 Å². The fourth-order valence-electron chi connectivity index (χ4n) is 3.37. The maximum atomic E-state index is 6.24. The van der Waals surface area contributed by atoms with Crippen molar-refractivity contribution in [3.05, 3.63) is 30.3 Å². The number of benzene rings is 2. The van der Waals surface area contributed by atoms with Gasteiger partial charge >= 0.3 is 0 Å². The van der Waals surface area contributed by atoms with E-state index in [1.165, 1.54) is 19.3 Å². The molecule has 156 valence electrons. The van der Waals surface area contributed by atoms with E-state index in [0.717, 1.165) is 60.1 Å². The van der Waals surface area contributed by atoms with Gasteiger partial charge in [-0.15, -0.1) is 11.6 Å². The van der Waals surface area contributed by atoms with Gasteiger partial charge in [0.1, 0.15) is 5.75 Å². The second-order valence-corrected chi connectivity index (χ2v) is 7.60. The third-order valence-electron chi connectivity index (χ3n) is 5.03. The van der Waals surface area contributed by atoms with Gasteiger partial charge in [0.05, 0.1) is 19.8 Å². The van der Waals surface area contributed by atoms with Crippen LogP contribution in [0.25, 0.3) is 10.8 Å². The molecule has 28 heavy (non-hydrogen) atoms. The molecule has 0 amide bonds. The Morgan fingerprint density at radius 1 is 0.964 bits per heavy atom. The first-order valence-electron chi connectivity index (χ1n) is 10.7. The van der Waals surface area contributed by atoms with Gasteiger partial charge in [0.2, 0.25) is 0 Å². The van der Waals surface area contributed by atoms with Crippen molar-refractivity contribution in [2.75, 3.05) is 19.6 Å². The van der Waals surface area contributed by atoms with Crippen molar-refractivity contribution in [2.24, 2.45) is 0 Å². The molecule has 0 fully saturated rings. The largest absolute Gasteiger partial charge is 0.492 e. The molecule has 0 bridgehead atoms. The maximum Gasteiger partial charge on any atom is 0.168 e. The first kappa shape index (κ1) is 22.7. The van der Waals surface area contributed by atoms with Gasteiger partial charge in [-0.1, -0.05) is 32.8 Å². The number of rotatable bonds is 14. The molecule has 0 saturated heterocycles. The summed E-state index contributed by atoms with van der Waals surface area (Å²) in [7, 11) is 1.69. The Balaban J connectivity index is 2.08. The Labute approximate surface area is 175 Å². The lowest BCUT2D eigenvalue weighted by molar-refractivity contribution is 0.183. The van der Waals surface area contributed by atoms with E-state index in [4.69, 9.17) is 25.8 Å². The highest BCUT2D eigenvalue weighted by molar-refractivity contribution is 6.17. The highest BCUT2D eigenvalue weighted by atomic mass is 35.5. The van der Waals surface area contributed by atoms with Crippen LogP contribution in [0.5, 0.6) is 17.2 Å². The van der Waals surface area contributed by atoms with Crippen molar-refractivity contribution in [3.63, 3.8) is 0 Å². The smallest absolute Gasteiger partial charge is 0.168 e. The zero-order chi connectivity index (χ0) is 20.2. The molecule has 2 rings (SSSR count). The molecule has 1 unspecified atom stereocenters. The minimum absolute atomic E-state index is 0.279. The van der Waals surface area contributed by atoms with E-state index in [1.54, 1.807) is 7.11 Å². The normalized spacial score (nSPS) is 12.1. The van der Waals surface area contributed by atoms with Gasteiger partial charge in [0.15, 0.2) is 11.5 Å². The van der Waals surface area contributed by atoms with Crippen LogP contribution in [0.15, 0.2) is 30.3 Å². The number of hydrogen-bond donors (Lipinski definition) is 0. The second kappa shape index (κ2) is 12.8. The third kappa shape index (κ3) is 6.77. The lowest BCUT2D eigenvalue weighted by Gasteiger charge is -2.18. The fourth-order valence-corrected chi connectivity index (χ4v) is 3.56. The lowest BCUT2D eigenvalue weighted by atomic mass is 10.1. The first-order chi connectivity index (χ1) is 13.7. The minimum Gasteiger partial charge on any atom is -0.492 e. The molecule has 0 spiro atoms. The number of methoxy groups -OCH3 is 1. The number of halogens is 1. The number of fused-ring (bicyclic) bond motifs is 1. The van der Waals surface area contributed by atoms with E-state index in [1.807, 2.05) is 12.1 Å². The molecule has 1 atom stereocenters. The van der Waals surface area contributed by atoms with Crippen molar-refractivity contribution in [1.29, 1.82) is 0 Å². The predicted molar refractivity (Wildman–Crippen MR) is 119 cm³/mol. The Hall–Kier alpha value is -1.61. The van der Waals surface area contributed by atoms with E-state index in [0.29, 0.717) is 12.5 Å². The summed E-state index contributed by atoms with van der Waals surface area (Å²) >= 11 is 5.72. The molecule has 2 aromatic rings. The Bertz CT molecular complexity index is 702. The zero-order valence-corrected chi connectivity index (χ0v) is 18.4. The lowest BCUT2D eigenvalue weighted by Crippen LogP contribution is -2.15. The number of hydrogen-bond acceptors (Lipinski definition) is 3. The van der Waals surface area contributed by atoms with Crippen LogP contribution in [-0.2, 0) is 0 Å². The molecule has 2 aromatic carbocycles. The van der Waals surface area contributed by atoms with Crippen LogP contribution < -0.4 is 14.2 Å². The highest BCUT2D eigenvalue weighted by Crippen LogP contribution is 2.37. The maximum absolute atomic E-state index is 6.24. The number of alkyl halides is 1. The molecular weight excluding hydrogens is 372 g/mol. The molecule has 3 nitrogen and oxygen atoms in total. The van der Waals surface area contributed by atoms with Gasteiger partial charge in [-0.2, -0.15) is 0 Å². The van der Waals surface area contributed by atoms with Crippen molar-refractivity contribution < 1.29 is 14.2 Å². The second-order valence-electron chi connectivity index (χ2n) is 7.22. The first-order valence-corrected chi connectivity index (χ1v) is 11.2. The van der Waals surface area contributed by atoms with Crippen LogP contribution in [0.2, 0.25) is 0 Å². The van der Waals surface area contributed by atoms with Gasteiger partial charge in [-0.25, -0.2) is 0 Å². The SMILES string of the molecule is CCCCCC(CC)Oc1ccc2c(OC)c(OCCCCCCl)ccc2c1. The molecule has 0 saturated carbocycles. The standard InChI is InChI=1S/C24H35ClO3/c1-4-6-8-11-20(5-2)28-21-13-14-22-19(18-21)12-15-23(24(22)26-3)27-17-10-7-9-16-25/h12-15,18,20H,4-11,16-17H2,1-3H3. The predicted octanol–water partition coefficient (Wildman–Crippen LogP) is 7.37. The Kier molecular flexibility index (Phi) is 10.3. The van der Waals surface area contributed by atoms with Gasteiger partial charge in [0, 0.05) is 11.3 Å². The zero-order valence-electron chi connectivity index (χ0n) is 17.6. The molecule has 4 heteroatoms. The molecule has 0 heterocycles. The molecule has 0 N–H and O–H groups in total. The van der Waals surface area contributed by atoms with E-state index >= 15 is 0 Å². The Morgan fingerprint density at radius 2 is 1.82 bits per heavy atom. The monoisotopic (exact) mass is 406 g/mol. The summed E-state index contributed by atoms with van der Waals surface area (Å²) in [6.45, 7) is 5.10. The van der Waals surface area contributed by atoms with Crippen LogP contribution in [0.3, 0.4) is 0 Å². The third-order valence-corrected chi connectivity index (χ3v) is 5.30. The molecule has 0 aliphatic heterocycles. The topological polar surface area (TPSA) is 27.7 Å². The van der Waals surface area contributed by atoms with Crippen molar-refractivity contribution in [3.8, 4) is 17.2 Å². The summed E-state index contributed by atoms with van der Waals surface area (Å²) in [6.07, 6.45) is 9.26. The van der Waals surface area contributed by atoms with Crippen LogP contribution in [0.4, 0.5) is 0 Å².